The molecule has 0 saturated carbocycles. The second-order valence-corrected chi connectivity index (χ2v) is 14.8. The first kappa shape index (κ1) is 32.0. The summed E-state index contributed by atoms with van der Waals surface area (Å²) < 4.78 is 30.2. The Morgan fingerprint density at radius 1 is 1.09 bits per heavy atom. The summed E-state index contributed by atoms with van der Waals surface area (Å²) in [5.41, 5.74) is 6.19. The SMILES string of the molecule is CCOc1cc2c(c3c1OC(C)(C)C3)C(c1cccc(NC(=O)c3ccc(CP(=O)(O)OC(C)CC)cc3)c1)=NC(C)(C)C2. The summed E-state index contributed by atoms with van der Waals surface area (Å²) >= 11 is 0. The predicted octanol–water partition coefficient (Wildman–Crippen LogP) is 7.72. The molecule has 44 heavy (non-hydrogen) atoms. The summed E-state index contributed by atoms with van der Waals surface area (Å²) in [7, 11) is -3.78. The molecule has 1 amide bonds. The van der Waals surface area contributed by atoms with Crippen molar-refractivity contribution < 1.29 is 28.3 Å². The zero-order chi connectivity index (χ0) is 31.9. The van der Waals surface area contributed by atoms with Crippen molar-refractivity contribution in [2.75, 3.05) is 11.9 Å². The van der Waals surface area contributed by atoms with Crippen molar-refractivity contribution in [3.05, 3.63) is 88.0 Å². The number of nitrogens with zero attached hydrogens (tertiary/aromatic N) is 1. The zero-order valence-electron chi connectivity index (χ0n) is 26.7. The maximum absolute atomic E-state index is 13.2. The Labute approximate surface area is 260 Å². The second-order valence-electron chi connectivity index (χ2n) is 13.0. The summed E-state index contributed by atoms with van der Waals surface area (Å²) in [6, 6.07) is 16.5. The molecule has 0 fully saturated rings. The average Bonchev–Trinajstić information content (AvgIpc) is 3.27. The smallest absolute Gasteiger partial charge is 0.332 e. The number of rotatable bonds is 10. The lowest BCUT2D eigenvalue weighted by Crippen LogP contribution is -2.30. The number of hydrogen-bond donors (Lipinski definition) is 2. The van der Waals surface area contributed by atoms with Crippen LogP contribution in [0.4, 0.5) is 5.69 Å². The Balaban J connectivity index is 1.41. The lowest BCUT2D eigenvalue weighted by molar-refractivity contribution is 0.102. The van der Waals surface area contributed by atoms with Gasteiger partial charge in [-0.15, -0.1) is 0 Å². The highest BCUT2D eigenvalue weighted by atomic mass is 31.2. The van der Waals surface area contributed by atoms with Crippen molar-refractivity contribution in [1.29, 1.82) is 0 Å². The van der Waals surface area contributed by atoms with Crippen LogP contribution >= 0.6 is 7.60 Å². The van der Waals surface area contributed by atoms with Gasteiger partial charge in [0.25, 0.3) is 5.91 Å². The van der Waals surface area contributed by atoms with Crippen LogP contribution in [-0.4, -0.2) is 40.4 Å². The van der Waals surface area contributed by atoms with Crippen LogP contribution in [0.5, 0.6) is 11.5 Å². The van der Waals surface area contributed by atoms with E-state index in [1.54, 1.807) is 31.2 Å². The molecule has 234 valence electrons. The molecule has 2 heterocycles. The third-order valence-corrected chi connectivity index (χ3v) is 9.35. The van der Waals surface area contributed by atoms with Gasteiger partial charge in [0.15, 0.2) is 11.5 Å². The van der Waals surface area contributed by atoms with Gasteiger partial charge in [0.2, 0.25) is 0 Å². The minimum absolute atomic E-state index is 0.112. The molecule has 2 atom stereocenters. The van der Waals surface area contributed by atoms with Crippen LogP contribution in [0.1, 0.15) is 93.1 Å². The molecule has 0 radical (unpaired) electrons. The Morgan fingerprint density at radius 3 is 2.50 bits per heavy atom. The standard InChI is InChI=1S/C35H43N2O6P/c1-8-22(3)43-44(39,40)21-23-13-15-24(16-14-23)33(38)36-27-12-10-11-25(17-27)31-30-26(19-34(4,5)37-31)18-29(41-9-2)32-28(30)20-35(6,7)42-32/h10-18,22H,8-9,19-21H2,1-7H3,(H,36,38)(H,39,40). The quantitative estimate of drug-likeness (QED) is 0.225. The molecule has 8 nitrogen and oxygen atoms in total. The maximum atomic E-state index is 13.2. The van der Waals surface area contributed by atoms with Gasteiger partial charge in [0.1, 0.15) is 5.60 Å². The lowest BCUT2D eigenvalue weighted by Gasteiger charge is -2.31. The van der Waals surface area contributed by atoms with Gasteiger partial charge in [-0.25, -0.2) is 0 Å². The predicted molar refractivity (Wildman–Crippen MR) is 175 cm³/mol. The molecule has 0 aromatic heterocycles. The fraction of sp³-hybridized carbons (Fsp3) is 0.429. The van der Waals surface area contributed by atoms with Crippen LogP contribution in [0.15, 0.2) is 59.6 Å². The monoisotopic (exact) mass is 618 g/mol. The Kier molecular flexibility index (Phi) is 8.83. The molecule has 3 aromatic carbocycles. The Bertz CT molecular complexity index is 1640. The van der Waals surface area contributed by atoms with E-state index < -0.39 is 7.60 Å². The zero-order valence-corrected chi connectivity index (χ0v) is 27.6. The highest BCUT2D eigenvalue weighted by molar-refractivity contribution is 7.52. The molecule has 9 heteroatoms. The molecule has 3 aromatic rings. The molecule has 2 aliphatic rings. The van der Waals surface area contributed by atoms with Crippen molar-refractivity contribution in [3.8, 4) is 11.5 Å². The average molecular weight is 619 g/mol. The minimum Gasteiger partial charge on any atom is -0.490 e. The summed E-state index contributed by atoms with van der Waals surface area (Å²) in [6.45, 7) is 14.6. The van der Waals surface area contributed by atoms with Gasteiger partial charge in [-0.2, -0.15) is 0 Å². The second kappa shape index (κ2) is 12.2. The van der Waals surface area contributed by atoms with Crippen LogP contribution in [0.2, 0.25) is 0 Å². The van der Waals surface area contributed by atoms with E-state index in [0.717, 1.165) is 46.7 Å². The van der Waals surface area contributed by atoms with E-state index in [1.165, 1.54) is 5.56 Å². The molecule has 0 aliphatic carbocycles. The van der Waals surface area contributed by atoms with Crippen molar-refractivity contribution in [1.82, 2.24) is 0 Å². The Morgan fingerprint density at radius 2 is 1.82 bits per heavy atom. The number of carbonyl (C=O) groups is 1. The fourth-order valence-electron chi connectivity index (χ4n) is 5.87. The minimum atomic E-state index is -3.78. The van der Waals surface area contributed by atoms with Crippen LogP contribution in [0.25, 0.3) is 0 Å². The number of nitrogens with one attached hydrogen (secondary N) is 1. The summed E-state index contributed by atoms with van der Waals surface area (Å²) in [4.78, 5) is 28.6. The first-order valence-corrected chi connectivity index (χ1v) is 17.1. The van der Waals surface area contributed by atoms with E-state index in [1.807, 2.05) is 38.1 Å². The van der Waals surface area contributed by atoms with Gasteiger partial charge in [0.05, 0.1) is 30.1 Å². The van der Waals surface area contributed by atoms with Crippen molar-refractivity contribution in [3.63, 3.8) is 0 Å². The van der Waals surface area contributed by atoms with Crippen molar-refractivity contribution in [2.45, 2.75) is 91.1 Å². The number of ether oxygens (including phenoxy) is 2. The largest absolute Gasteiger partial charge is 0.490 e. The molecule has 5 rings (SSSR count). The van der Waals surface area contributed by atoms with E-state index in [0.29, 0.717) is 29.8 Å². The third-order valence-electron chi connectivity index (χ3n) is 7.89. The maximum Gasteiger partial charge on any atom is 0.332 e. The lowest BCUT2D eigenvalue weighted by atomic mass is 9.81. The fourth-order valence-corrected chi connectivity index (χ4v) is 7.33. The first-order valence-electron chi connectivity index (χ1n) is 15.3. The molecular formula is C35H43N2O6P. The molecule has 0 spiro atoms. The van der Waals surface area contributed by atoms with Crippen LogP contribution in [-0.2, 0) is 28.1 Å². The van der Waals surface area contributed by atoms with Gasteiger partial charge in [0, 0.05) is 34.4 Å². The van der Waals surface area contributed by atoms with Gasteiger partial charge >= 0.3 is 7.60 Å². The molecule has 2 N–H and O–H groups in total. The Hall–Kier alpha value is -3.45. The van der Waals surface area contributed by atoms with E-state index in [9.17, 15) is 14.3 Å². The molecule has 2 unspecified atom stereocenters. The van der Waals surface area contributed by atoms with E-state index in [2.05, 4.69) is 39.1 Å². The topological polar surface area (TPSA) is 106 Å². The van der Waals surface area contributed by atoms with E-state index in [-0.39, 0.29) is 29.3 Å². The van der Waals surface area contributed by atoms with Crippen LogP contribution in [0, 0.1) is 0 Å². The third kappa shape index (κ3) is 7.09. The van der Waals surface area contributed by atoms with Crippen LogP contribution in [0.3, 0.4) is 0 Å². The van der Waals surface area contributed by atoms with Gasteiger partial charge in [-0.1, -0.05) is 31.2 Å². The number of hydrogen-bond acceptors (Lipinski definition) is 6. The number of fused-ring (bicyclic) bond motifs is 3. The molecule has 0 saturated heterocycles. The number of aliphatic imine (C=N–C) groups is 1. The molecule has 0 bridgehead atoms. The van der Waals surface area contributed by atoms with Crippen molar-refractivity contribution >= 4 is 24.9 Å². The highest BCUT2D eigenvalue weighted by Crippen LogP contribution is 2.49. The van der Waals surface area contributed by atoms with E-state index in [4.69, 9.17) is 19.0 Å². The van der Waals surface area contributed by atoms with Gasteiger partial charge < -0.3 is 24.2 Å². The molecule has 2 aliphatic heterocycles. The van der Waals surface area contributed by atoms with Crippen molar-refractivity contribution in [2.24, 2.45) is 4.99 Å². The number of anilines is 1. The first-order chi connectivity index (χ1) is 20.7. The summed E-state index contributed by atoms with van der Waals surface area (Å²) in [5.74, 6) is 1.29. The normalized spacial score (nSPS) is 18.2. The summed E-state index contributed by atoms with van der Waals surface area (Å²) in [6.07, 6.45) is 1.75. The van der Waals surface area contributed by atoms with E-state index >= 15 is 0 Å². The highest BCUT2D eigenvalue weighted by Gasteiger charge is 2.39. The van der Waals surface area contributed by atoms with Gasteiger partial charge in [-0.3, -0.25) is 14.4 Å². The van der Waals surface area contributed by atoms with Gasteiger partial charge in [-0.05, 0) is 95.8 Å². The summed E-state index contributed by atoms with van der Waals surface area (Å²) in [5, 5.41) is 3.01. The number of benzene rings is 3. The number of amides is 1. The van der Waals surface area contributed by atoms with Crippen LogP contribution < -0.4 is 14.8 Å². The number of carbonyl (C=O) groups excluding carboxylic acids is 1. The molecular weight excluding hydrogens is 575 g/mol.